The van der Waals surface area contributed by atoms with E-state index in [0.717, 1.165) is 31.2 Å². The van der Waals surface area contributed by atoms with E-state index >= 15 is 0 Å². The maximum atomic E-state index is 12.4. The van der Waals surface area contributed by atoms with E-state index < -0.39 is 10.8 Å². The van der Waals surface area contributed by atoms with Crippen LogP contribution in [0.25, 0.3) is 17.4 Å². The molecule has 1 aliphatic carbocycles. The maximum Gasteiger partial charge on any atom is 0.280 e. The van der Waals surface area contributed by atoms with Crippen LogP contribution in [-0.2, 0) is 4.79 Å². The number of nitro benzene ring substituents is 1. The number of hydrogen-bond acceptors (Lipinski definition) is 5. The zero-order valence-corrected chi connectivity index (χ0v) is 15.6. The molecule has 2 aromatic rings. The summed E-state index contributed by atoms with van der Waals surface area (Å²) in [5.74, 6) is 0.178. The predicted molar refractivity (Wildman–Crippen MR) is 104 cm³/mol. The smallest absolute Gasteiger partial charge is 0.280 e. The van der Waals surface area contributed by atoms with Gasteiger partial charge in [-0.2, -0.15) is 5.26 Å². The molecular formula is C21H21N3O4. The highest BCUT2D eigenvalue weighted by atomic mass is 16.6. The van der Waals surface area contributed by atoms with Gasteiger partial charge in [0.15, 0.2) is 0 Å². The van der Waals surface area contributed by atoms with Crippen molar-refractivity contribution in [1.82, 2.24) is 5.32 Å². The van der Waals surface area contributed by atoms with Crippen molar-refractivity contribution in [3.05, 3.63) is 57.3 Å². The fourth-order valence-electron chi connectivity index (χ4n) is 3.38. The molecule has 0 bridgehead atoms. The van der Waals surface area contributed by atoms with Gasteiger partial charge in [-0.1, -0.05) is 25.3 Å². The number of hydrogen-bond donors (Lipinski definition) is 1. The molecule has 0 saturated heterocycles. The SMILES string of the molecule is Cc1ccc(-c2ccc(/C=C(/C#N)C(=O)NC3CCCCC3)o2)c([N+](=O)[O-])c1. The van der Waals surface area contributed by atoms with Crippen LogP contribution in [0.3, 0.4) is 0 Å². The number of furan rings is 1. The van der Waals surface area contributed by atoms with E-state index in [4.69, 9.17) is 4.42 Å². The van der Waals surface area contributed by atoms with Crippen LogP contribution in [0.4, 0.5) is 5.69 Å². The summed E-state index contributed by atoms with van der Waals surface area (Å²) >= 11 is 0. The molecule has 0 atom stereocenters. The minimum Gasteiger partial charge on any atom is -0.456 e. The van der Waals surface area contributed by atoms with Crippen molar-refractivity contribution in [1.29, 1.82) is 5.26 Å². The second kappa shape index (κ2) is 8.53. The average Bonchev–Trinajstić information content (AvgIpc) is 3.15. The van der Waals surface area contributed by atoms with Crippen molar-refractivity contribution in [2.75, 3.05) is 0 Å². The van der Waals surface area contributed by atoms with E-state index in [1.54, 1.807) is 31.2 Å². The molecule has 0 unspecified atom stereocenters. The van der Waals surface area contributed by atoms with Gasteiger partial charge in [-0.05, 0) is 43.5 Å². The van der Waals surface area contributed by atoms with Crippen molar-refractivity contribution in [3.63, 3.8) is 0 Å². The lowest BCUT2D eigenvalue weighted by molar-refractivity contribution is -0.384. The maximum absolute atomic E-state index is 12.4. The number of amides is 1. The largest absolute Gasteiger partial charge is 0.456 e. The van der Waals surface area contributed by atoms with Crippen molar-refractivity contribution in [2.45, 2.75) is 45.1 Å². The Hall–Kier alpha value is -3.40. The number of nitriles is 1. The Morgan fingerprint density at radius 2 is 2.04 bits per heavy atom. The minimum atomic E-state index is -0.460. The van der Waals surface area contributed by atoms with Gasteiger partial charge in [-0.15, -0.1) is 0 Å². The molecule has 1 aliphatic rings. The van der Waals surface area contributed by atoms with Gasteiger partial charge >= 0.3 is 0 Å². The molecule has 0 aliphatic heterocycles. The molecule has 144 valence electrons. The number of nitro groups is 1. The summed E-state index contributed by atoms with van der Waals surface area (Å²) in [5.41, 5.74) is 1.01. The molecule has 7 heteroatoms. The zero-order chi connectivity index (χ0) is 20.1. The van der Waals surface area contributed by atoms with Gasteiger partial charge in [0.25, 0.3) is 11.6 Å². The van der Waals surface area contributed by atoms with Crippen molar-refractivity contribution in [3.8, 4) is 17.4 Å². The molecule has 1 heterocycles. The van der Waals surface area contributed by atoms with Crippen LogP contribution in [0.1, 0.15) is 43.4 Å². The molecule has 3 rings (SSSR count). The number of carbonyl (C=O) groups is 1. The number of benzene rings is 1. The topological polar surface area (TPSA) is 109 Å². The average molecular weight is 379 g/mol. The first-order valence-electron chi connectivity index (χ1n) is 9.26. The summed E-state index contributed by atoms with van der Waals surface area (Å²) in [6, 6.07) is 10.1. The fraction of sp³-hybridized carbons (Fsp3) is 0.333. The quantitative estimate of drug-likeness (QED) is 0.355. The van der Waals surface area contributed by atoms with E-state index in [9.17, 15) is 20.2 Å². The van der Waals surface area contributed by atoms with Gasteiger partial charge in [-0.25, -0.2) is 0 Å². The minimum absolute atomic E-state index is 0.0510. The molecule has 1 fully saturated rings. The van der Waals surface area contributed by atoms with Crippen LogP contribution in [-0.4, -0.2) is 16.9 Å². The van der Waals surface area contributed by atoms with Gasteiger partial charge < -0.3 is 9.73 Å². The van der Waals surface area contributed by atoms with E-state index in [0.29, 0.717) is 17.1 Å². The summed E-state index contributed by atoms with van der Waals surface area (Å²) in [6.45, 7) is 1.78. The van der Waals surface area contributed by atoms with Crippen LogP contribution in [0.2, 0.25) is 0 Å². The first kappa shape index (κ1) is 19.4. The van der Waals surface area contributed by atoms with Crippen LogP contribution >= 0.6 is 0 Å². The third kappa shape index (κ3) is 4.46. The van der Waals surface area contributed by atoms with Gasteiger partial charge in [0.1, 0.15) is 23.2 Å². The third-order valence-corrected chi connectivity index (χ3v) is 4.83. The number of rotatable bonds is 5. The van der Waals surface area contributed by atoms with Crippen molar-refractivity contribution < 1.29 is 14.1 Å². The molecule has 1 saturated carbocycles. The normalized spacial score (nSPS) is 15.1. The lowest BCUT2D eigenvalue weighted by atomic mass is 9.95. The molecule has 0 spiro atoms. The number of aryl methyl sites for hydroxylation is 1. The summed E-state index contributed by atoms with van der Waals surface area (Å²) in [6.07, 6.45) is 6.54. The Labute approximate surface area is 162 Å². The molecule has 1 aromatic heterocycles. The predicted octanol–water partition coefficient (Wildman–Crippen LogP) is 4.52. The van der Waals surface area contributed by atoms with Gasteiger partial charge in [0.05, 0.1) is 10.5 Å². The first-order chi connectivity index (χ1) is 13.5. The van der Waals surface area contributed by atoms with Crippen molar-refractivity contribution >= 4 is 17.7 Å². The summed E-state index contributed by atoms with van der Waals surface area (Å²) in [7, 11) is 0. The fourth-order valence-corrected chi connectivity index (χ4v) is 3.38. The molecule has 1 amide bonds. The Balaban J connectivity index is 1.82. The van der Waals surface area contributed by atoms with Crippen molar-refractivity contribution in [2.24, 2.45) is 0 Å². The van der Waals surface area contributed by atoms with Crippen LogP contribution in [0, 0.1) is 28.4 Å². The van der Waals surface area contributed by atoms with Gasteiger partial charge in [0.2, 0.25) is 0 Å². The highest BCUT2D eigenvalue weighted by Gasteiger charge is 2.20. The Kier molecular flexibility index (Phi) is 5.90. The Morgan fingerprint density at radius 1 is 1.29 bits per heavy atom. The standard InChI is InChI=1S/C21H21N3O4/c1-14-7-9-18(19(11-14)24(26)27)20-10-8-17(28-20)12-15(13-22)21(25)23-16-5-3-2-4-6-16/h7-12,16H,2-6H2,1H3,(H,23,25)/b15-12-. The van der Waals surface area contributed by atoms with Gasteiger partial charge in [-0.3, -0.25) is 14.9 Å². The highest BCUT2D eigenvalue weighted by Crippen LogP contribution is 2.32. The second-order valence-electron chi connectivity index (χ2n) is 6.96. The number of nitrogens with zero attached hydrogens (tertiary/aromatic N) is 2. The van der Waals surface area contributed by atoms with E-state index in [1.165, 1.54) is 18.6 Å². The molecule has 1 N–H and O–H groups in total. The molecule has 7 nitrogen and oxygen atoms in total. The van der Waals surface area contributed by atoms with E-state index in [2.05, 4.69) is 5.32 Å². The summed E-state index contributed by atoms with van der Waals surface area (Å²) < 4.78 is 5.66. The summed E-state index contributed by atoms with van der Waals surface area (Å²) in [4.78, 5) is 23.2. The molecule has 28 heavy (non-hydrogen) atoms. The lowest BCUT2D eigenvalue weighted by Crippen LogP contribution is -2.36. The van der Waals surface area contributed by atoms with E-state index in [1.807, 2.05) is 6.07 Å². The van der Waals surface area contributed by atoms with Crippen LogP contribution in [0.5, 0.6) is 0 Å². The Bertz CT molecular complexity index is 962. The number of nitrogens with one attached hydrogen (secondary N) is 1. The molecule has 1 aromatic carbocycles. The lowest BCUT2D eigenvalue weighted by Gasteiger charge is -2.22. The molecule has 0 radical (unpaired) electrons. The Morgan fingerprint density at radius 3 is 2.71 bits per heavy atom. The zero-order valence-electron chi connectivity index (χ0n) is 15.6. The third-order valence-electron chi connectivity index (χ3n) is 4.83. The number of carbonyl (C=O) groups excluding carboxylic acids is 1. The van der Waals surface area contributed by atoms with Crippen LogP contribution < -0.4 is 5.32 Å². The van der Waals surface area contributed by atoms with E-state index in [-0.39, 0.29) is 17.3 Å². The highest BCUT2D eigenvalue weighted by molar-refractivity contribution is 6.01. The first-order valence-corrected chi connectivity index (χ1v) is 9.26. The van der Waals surface area contributed by atoms with Crippen LogP contribution in [0.15, 0.2) is 40.3 Å². The monoisotopic (exact) mass is 379 g/mol. The van der Waals surface area contributed by atoms with Gasteiger partial charge in [0, 0.05) is 18.2 Å². The second-order valence-corrected chi connectivity index (χ2v) is 6.96. The molecular weight excluding hydrogens is 358 g/mol. The summed E-state index contributed by atoms with van der Waals surface area (Å²) in [5, 5.41) is 23.6.